The van der Waals surface area contributed by atoms with Crippen LogP contribution in [0.5, 0.6) is 0 Å². The first-order chi connectivity index (χ1) is 28.0. The van der Waals surface area contributed by atoms with E-state index in [1.165, 1.54) is 115 Å². The zero-order valence-corrected chi connectivity index (χ0v) is 36.7. The van der Waals surface area contributed by atoms with Gasteiger partial charge in [0.2, 0.25) is 0 Å². The second-order valence-electron chi connectivity index (χ2n) is 15.8. The maximum Gasteiger partial charge on any atom is 0.330 e. The summed E-state index contributed by atoms with van der Waals surface area (Å²) in [6.45, 7) is 3.63. The number of unbranched alkanes of at least 4 members (excludes halogenated alkanes) is 22. The van der Waals surface area contributed by atoms with Crippen molar-refractivity contribution in [3.63, 3.8) is 0 Å². The highest BCUT2D eigenvalue weighted by molar-refractivity contribution is 7.85. The number of rotatable bonds is 37. The fourth-order valence-corrected chi connectivity index (χ4v) is 7.45. The highest BCUT2D eigenvalue weighted by atomic mass is 32.2. The Morgan fingerprint density at radius 3 is 1.64 bits per heavy atom. The molecule has 2 unspecified atom stereocenters. The largest absolute Gasteiger partial charge is 0.458 e. The van der Waals surface area contributed by atoms with Crippen LogP contribution in [0.3, 0.4) is 0 Å². The zero-order chi connectivity index (χ0) is 42.7. The lowest BCUT2D eigenvalue weighted by Gasteiger charge is -2.40. The van der Waals surface area contributed by atoms with Gasteiger partial charge in [0, 0.05) is 12.5 Å². The Kier molecular flexibility index (Phi) is 33.1. The normalized spacial score (nSPS) is 20.7. The Morgan fingerprint density at radius 1 is 0.621 bits per heavy atom. The fourth-order valence-electron chi connectivity index (χ4n) is 6.76. The molecule has 4 N–H and O–H groups in total. The summed E-state index contributed by atoms with van der Waals surface area (Å²) < 4.78 is 53.8. The van der Waals surface area contributed by atoms with E-state index in [1.54, 1.807) is 12.2 Å². The average molecular weight is 845 g/mol. The molecule has 6 atom stereocenters. The van der Waals surface area contributed by atoms with Crippen molar-refractivity contribution in [3.8, 4) is 0 Å². The number of aliphatic hydroxyl groups excluding tert-OH is 3. The molecular weight excluding hydrogens is 765 g/mol. The smallest absolute Gasteiger partial charge is 0.330 e. The molecule has 0 amide bonds. The summed E-state index contributed by atoms with van der Waals surface area (Å²) >= 11 is 0. The molecule has 338 valence electrons. The van der Waals surface area contributed by atoms with E-state index >= 15 is 0 Å². The van der Waals surface area contributed by atoms with Gasteiger partial charge in [0.25, 0.3) is 10.1 Å². The minimum atomic E-state index is -4.61. The molecule has 0 aromatic heterocycles. The lowest BCUT2D eigenvalue weighted by atomic mass is 10.00. The van der Waals surface area contributed by atoms with Gasteiger partial charge in [-0.25, -0.2) is 4.79 Å². The Labute approximate surface area is 351 Å². The van der Waals surface area contributed by atoms with Crippen LogP contribution in [-0.2, 0) is 38.7 Å². The number of carbonyl (C=O) groups excluding carboxylic acids is 2. The molecule has 1 rings (SSSR count). The van der Waals surface area contributed by atoms with E-state index in [1.807, 2.05) is 6.08 Å². The van der Waals surface area contributed by atoms with Crippen molar-refractivity contribution in [2.24, 2.45) is 0 Å². The van der Waals surface area contributed by atoms with Gasteiger partial charge in [-0.1, -0.05) is 160 Å². The molecule has 12 nitrogen and oxygen atoms in total. The van der Waals surface area contributed by atoms with E-state index in [4.69, 9.17) is 18.9 Å². The summed E-state index contributed by atoms with van der Waals surface area (Å²) in [6.07, 6.45) is 31.0. The zero-order valence-electron chi connectivity index (χ0n) is 35.9. The Hall–Kier alpha value is -2.13. The van der Waals surface area contributed by atoms with Crippen LogP contribution in [0.25, 0.3) is 0 Å². The van der Waals surface area contributed by atoms with Gasteiger partial charge in [-0.05, 0) is 44.9 Å². The maximum atomic E-state index is 12.8. The van der Waals surface area contributed by atoms with Crippen molar-refractivity contribution >= 4 is 22.1 Å². The fraction of sp³-hybridized carbons (Fsp3) is 0.822. The Bertz CT molecular complexity index is 1220. The SMILES string of the molecule is CCCCCC/C=C/CCCCCCCCCC(=O)O[C@H](COC(=O)/C=C/C=C/CCCCCCCCCCCCC)CO[C@H]1O[C@H](CS(=O)(=O)O)[C@@H](O)C(O)C1O. The van der Waals surface area contributed by atoms with Crippen molar-refractivity contribution in [1.82, 2.24) is 0 Å². The number of esters is 2. The van der Waals surface area contributed by atoms with Gasteiger partial charge in [-0.3, -0.25) is 9.35 Å². The number of allylic oxidation sites excluding steroid dienone is 5. The van der Waals surface area contributed by atoms with Crippen LogP contribution in [0, 0.1) is 0 Å². The molecular formula is C45H80O12S. The van der Waals surface area contributed by atoms with E-state index in [-0.39, 0.29) is 13.0 Å². The summed E-state index contributed by atoms with van der Waals surface area (Å²) in [5, 5.41) is 30.8. The standard InChI is InChI=1S/C45H80O12S/c1-3-5-7-9-11-13-15-17-19-21-23-25-27-29-31-33-40(46)54-35-38(36-55-45-44(50)43(49)42(48)39(57-45)37-58(51,52)53)56-41(47)34-32-30-28-26-24-22-20-18-16-14-12-10-8-6-4-2/h14,16,27,29,31,33,38-39,42-45,48-50H,3-13,15,17-26,28,30,32,34-37H2,1-2H3,(H,51,52,53)/b16-14+,29-27+,33-31+/t38-,39-,42-,43?,44?,45+/m1/s1. The molecule has 0 aromatic rings. The second kappa shape index (κ2) is 35.6. The first kappa shape index (κ1) is 53.9. The number of carbonyl (C=O) groups is 2. The molecule has 0 radical (unpaired) electrons. The minimum Gasteiger partial charge on any atom is -0.458 e. The van der Waals surface area contributed by atoms with Gasteiger partial charge in [-0.2, -0.15) is 8.42 Å². The first-order valence-electron chi connectivity index (χ1n) is 22.6. The number of hydrogen-bond donors (Lipinski definition) is 4. The minimum absolute atomic E-state index is 0.140. The van der Waals surface area contributed by atoms with Crippen LogP contribution >= 0.6 is 0 Å². The summed E-state index contributed by atoms with van der Waals surface area (Å²) in [6, 6.07) is 0. The molecule has 0 saturated carbocycles. The lowest BCUT2D eigenvalue weighted by molar-refractivity contribution is -0.297. The summed E-state index contributed by atoms with van der Waals surface area (Å²) in [4.78, 5) is 25.3. The molecule has 1 fully saturated rings. The van der Waals surface area contributed by atoms with Gasteiger partial charge in [-0.15, -0.1) is 0 Å². The van der Waals surface area contributed by atoms with Gasteiger partial charge < -0.3 is 34.3 Å². The predicted octanol–water partition coefficient (Wildman–Crippen LogP) is 9.00. The Morgan fingerprint density at radius 2 is 1.10 bits per heavy atom. The van der Waals surface area contributed by atoms with Crippen LogP contribution in [0.2, 0.25) is 0 Å². The molecule has 0 aliphatic carbocycles. The third-order valence-corrected chi connectivity index (χ3v) is 11.0. The molecule has 58 heavy (non-hydrogen) atoms. The van der Waals surface area contributed by atoms with E-state index < -0.39 is 71.2 Å². The van der Waals surface area contributed by atoms with Gasteiger partial charge in [0.15, 0.2) is 12.4 Å². The van der Waals surface area contributed by atoms with Gasteiger partial charge >= 0.3 is 11.9 Å². The van der Waals surface area contributed by atoms with Crippen LogP contribution in [-0.4, -0.2) is 96.0 Å². The number of aliphatic hydroxyl groups is 3. The van der Waals surface area contributed by atoms with E-state index in [0.717, 1.165) is 44.9 Å². The highest BCUT2D eigenvalue weighted by Crippen LogP contribution is 2.24. The molecule has 0 bridgehead atoms. The number of ether oxygens (including phenoxy) is 4. The van der Waals surface area contributed by atoms with Crippen LogP contribution in [0.15, 0.2) is 36.5 Å². The van der Waals surface area contributed by atoms with Crippen LogP contribution in [0.1, 0.15) is 181 Å². The third kappa shape index (κ3) is 30.0. The van der Waals surface area contributed by atoms with E-state index in [9.17, 15) is 37.9 Å². The van der Waals surface area contributed by atoms with Crippen molar-refractivity contribution in [1.29, 1.82) is 0 Å². The molecule has 1 saturated heterocycles. The van der Waals surface area contributed by atoms with Crippen molar-refractivity contribution in [3.05, 3.63) is 36.5 Å². The first-order valence-corrected chi connectivity index (χ1v) is 24.2. The molecule has 1 heterocycles. The van der Waals surface area contributed by atoms with Crippen molar-refractivity contribution in [2.45, 2.75) is 218 Å². The average Bonchev–Trinajstić information content (AvgIpc) is 3.18. The Balaban J connectivity index is 2.50. The maximum absolute atomic E-state index is 12.8. The highest BCUT2D eigenvalue weighted by Gasteiger charge is 2.46. The second-order valence-corrected chi connectivity index (χ2v) is 17.3. The predicted molar refractivity (Wildman–Crippen MR) is 229 cm³/mol. The monoisotopic (exact) mass is 845 g/mol. The quantitative estimate of drug-likeness (QED) is 0.0116. The van der Waals surface area contributed by atoms with Crippen LogP contribution in [0.4, 0.5) is 0 Å². The van der Waals surface area contributed by atoms with E-state index in [0.29, 0.717) is 6.42 Å². The van der Waals surface area contributed by atoms with Gasteiger partial charge in [0.05, 0.1) is 6.61 Å². The molecule has 0 aromatic carbocycles. The molecule has 0 spiro atoms. The number of hydrogen-bond acceptors (Lipinski definition) is 11. The third-order valence-electron chi connectivity index (χ3n) is 10.3. The van der Waals surface area contributed by atoms with Crippen LogP contribution < -0.4 is 0 Å². The molecule has 1 aliphatic rings. The van der Waals surface area contributed by atoms with Crippen molar-refractivity contribution in [2.75, 3.05) is 19.0 Å². The topological polar surface area (TPSA) is 186 Å². The lowest BCUT2D eigenvalue weighted by Crippen LogP contribution is -2.60. The molecule has 13 heteroatoms. The summed E-state index contributed by atoms with van der Waals surface area (Å²) in [7, 11) is -4.61. The van der Waals surface area contributed by atoms with Gasteiger partial charge in [0.1, 0.15) is 36.8 Å². The summed E-state index contributed by atoms with van der Waals surface area (Å²) in [5.41, 5.74) is 0. The van der Waals surface area contributed by atoms with E-state index in [2.05, 4.69) is 26.0 Å². The summed E-state index contributed by atoms with van der Waals surface area (Å²) in [5.74, 6) is -2.25. The van der Waals surface area contributed by atoms with Crippen molar-refractivity contribution < 1.29 is 56.8 Å². The molecule has 1 aliphatic heterocycles.